The van der Waals surface area contributed by atoms with E-state index >= 15 is 0 Å². The van der Waals surface area contributed by atoms with Gasteiger partial charge in [0.1, 0.15) is 5.76 Å². The van der Waals surface area contributed by atoms with Gasteiger partial charge in [0.05, 0.1) is 6.54 Å². The molecule has 1 fully saturated rings. The van der Waals surface area contributed by atoms with Gasteiger partial charge in [0.25, 0.3) is 5.91 Å². The minimum absolute atomic E-state index is 0.114. The van der Waals surface area contributed by atoms with Crippen LogP contribution in [0.15, 0.2) is 35.0 Å². The quantitative estimate of drug-likeness (QED) is 0.883. The lowest BCUT2D eigenvalue weighted by Crippen LogP contribution is -2.45. The van der Waals surface area contributed by atoms with Crippen LogP contribution in [-0.4, -0.2) is 47.3 Å². The van der Waals surface area contributed by atoms with Crippen LogP contribution in [0, 0.1) is 5.92 Å². The third-order valence-electron chi connectivity index (χ3n) is 4.59. The minimum atomic E-state index is -0.114. The zero-order valence-electron chi connectivity index (χ0n) is 14.4. The lowest BCUT2D eigenvalue weighted by atomic mass is 9.84. The molecule has 130 valence electrons. The first-order valence-corrected chi connectivity index (χ1v) is 8.63. The van der Waals surface area contributed by atoms with E-state index in [0.29, 0.717) is 18.2 Å². The predicted molar refractivity (Wildman–Crippen MR) is 91.8 cm³/mol. The molecule has 2 heterocycles. The highest BCUT2D eigenvalue weighted by Gasteiger charge is 2.27. The maximum atomic E-state index is 12.5. The Labute approximate surface area is 142 Å². The van der Waals surface area contributed by atoms with Crippen molar-refractivity contribution in [2.75, 3.05) is 20.6 Å². The van der Waals surface area contributed by atoms with Crippen LogP contribution >= 0.6 is 0 Å². The molecular weight excluding hydrogens is 304 g/mol. The first-order chi connectivity index (χ1) is 11.6. The van der Waals surface area contributed by atoms with Gasteiger partial charge >= 0.3 is 0 Å². The van der Waals surface area contributed by atoms with E-state index in [1.54, 1.807) is 16.9 Å². The number of nitrogens with one attached hydrogen (secondary N) is 1. The number of aromatic nitrogens is 2. The van der Waals surface area contributed by atoms with Gasteiger partial charge in [-0.15, -0.1) is 0 Å². The molecule has 6 heteroatoms. The van der Waals surface area contributed by atoms with Crippen molar-refractivity contribution in [1.82, 2.24) is 20.0 Å². The molecular formula is C18H26N4O2. The first kappa shape index (κ1) is 16.8. The lowest BCUT2D eigenvalue weighted by Gasteiger charge is -2.33. The number of amides is 1. The molecule has 0 aromatic carbocycles. The number of nitrogens with zero attached hydrogens (tertiary/aromatic N) is 3. The Kier molecular flexibility index (Phi) is 5.35. The zero-order chi connectivity index (χ0) is 16.9. The third kappa shape index (κ3) is 4.26. The summed E-state index contributed by atoms with van der Waals surface area (Å²) in [5, 5.41) is 7.33. The molecule has 0 saturated heterocycles. The van der Waals surface area contributed by atoms with Crippen LogP contribution in [0.3, 0.4) is 0 Å². The van der Waals surface area contributed by atoms with Crippen LogP contribution in [0.4, 0.5) is 0 Å². The number of hydrogen-bond acceptors (Lipinski definition) is 4. The normalized spacial score (nSPS) is 21.1. The zero-order valence-corrected chi connectivity index (χ0v) is 14.4. The summed E-state index contributed by atoms with van der Waals surface area (Å²) >= 11 is 0. The van der Waals surface area contributed by atoms with Crippen molar-refractivity contribution >= 4 is 5.91 Å². The van der Waals surface area contributed by atoms with E-state index in [9.17, 15) is 4.79 Å². The Morgan fingerprint density at radius 1 is 1.38 bits per heavy atom. The summed E-state index contributed by atoms with van der Waals surface area (Å²) in [6, 6.07) is 5.69. The predicted octanol–water partition coefficient (Wildman–Crippen LogP) is 2.37. The van der Waals surface area contributed by atoms with E-state index < -0.39 is 0 Å². The van der Waals surface area contributed by atoms with E-state index in [2.05, 4.69) is 29.4 Å². The summed E-state index contributed by atoms with van der Waals surface area (Å²) in [5.41, 5.74) is 0. The molecule has 0 radical (unpaired) electrons. The standard InChI is InChI=1S/C18H26N4O2/c1-21(2)12-14-6-3-4-7-16(14)20-18(23)17-9-8-15(24-17)13-22-11-5-10-19-22/h5,8-11,14,16H,3-4,6-7,12-13H2,1-2H3,(H,20,23). The van der Waals surface area contributed by atoms with E-state index in [1.807, 2.05) is 18.3 Å². The second kappa shape index (κ2) is 7.66. The highest BCUT2D eigenvalue weighted by Crippen LogP contribution is 2.25. The molecule has 1 aliphatic rings. The monoisotopic (exact) mass is 330 g/mol. The van der Waals surface area contributed by atoms with E-state index in [-0.39, 0.29) is 11.9 Å². The molecule has 2 aromatic heterocycles. The van der Waals surface area contributed by atoms with Crippen LogP contribution in [0.1, 0.15) is 42.0 Å². The van der Waals surface area contributed by atoms with Crippen molar-refractivity contribution in [3.63, 3.8) is 0 Å². The molecule has 0 aliphatic heterocycles. The van der Waals surface area contributed by atoms with Gasteiger partial charge in [0.2, 0.25) is 0 Å². The summed E-state index contributed by atoms with van der Waals surface area (Å²) in [6.45, 7) is 1.54. The number of rotatable bonds is 6. The van der Waals surface area contributed by atoms with Gasteiger partial charge in [-0.1, -0.05) is 12.8 Å². The summed E-state index contributed by atoms with van der Waals surface area (Å²) in [5.74, 6) is 1.51. The van der Waals surface area contributed by atoms with Gasteiger partial charge < -0.3 is 14.6 Å². The van der Waals surface area contributed by atoms with Gasteiger partial charge in [-0.25, -0.2) is 0 Å². The van der Waals surface area contributed by atoms with Crippen molar-refractivity contribution in [3.8, 4) is 0 Å². The van der Waals surface area contributed by atoms with Crippen molar-refractivity contribution in [1.29, 1.82) is 0 Å². The molecule has 1 saturated carbocycles. The molecule has 6 nitrogen and oxygen atoms in total. The first-order valence-electron chi connectivity index (χ1n) is 8.63. The molecule has 3 rings (SSSR count). The van der Waals surface area contributed by atoms with Gasteiger partial charge in [-0.2, -0.15) is 5.10 Å². The lowest BCUT2D eigenvalue weighted by molar-refractivity contribution is 0.0865. The largest absolute Gasteiger partial charge is 0.454 e. The Hall–Kier alpha value is -2.08. The Morgan fingerprint density at radius 2 is 2.21 bits per heavy atom. The molecule has 1 aliphatic carbocycles. The van der Waals surface area contributed by atoms with Crippen molar-refractivity contribution in [2.24, 2.45) is 5.92 Å². The maximum Gasteiger partial charge on any atom is 0.287 e. The fourth-order valence-electron chi connectivity index (χ4n) is 3.46. The third-order valence-corrected chi connectivity index (χ3v) is 4.59. The van der Waals surface area contributed by atoms with Crippen LogP contribution in [-0.2, 0) is 6.54 Å². The van der Waals surface area contributed by atoms with Crippen molar-refractivity contribution in [2.45, 2.75) is 38.3 Å². The molecule has 2 aromatic rings. The molecule has 0 bridgehead atoms. The second-order valence-corrected chi connectivity index (χ2v) is 6.86. The van der Waals surface area contributed by atoms with Gasteiger partial charge in [0, 0.05) is 25.0 Å². The SMILES string of the molecule is CN(C)CC1CCCCC1NC(=O)c1ccc(Cn2cccn2)o1. The number of hydrogen-bond donors (Lipinski definition) is 1. The summed E-state index contributed by atoms with van der Waals surface area (Å²) in [7, 11) is 4.17. The summed E-state index contributed by atoms with van der Waals surface area (Å²) < 4.78 is 7.47. The van der Waals surface area contributed by atoms with E-state index in [1.165, 1.54) is 19.3 Å². The Balaban J connectivity index is 1.60. The topological polar surface area (TPSA) is 63.3 Å². The highest BCUT2D eigenvalue weighted by atomic mass is 16.4. The van der Waals surface area contributed by atoms with Gasteiger partial charge in [0.15, 0.2) is 5.76 Å². The van der Waals surface area contributed by atoms with Gasteiger partial charge in [-0.3, -0.25) is 9.48 Å². The number of carbonyl (C=O) groups excluding carboxylic acids is 1. The summed E-state index contributed by atoms with van der Waals surface area (Å²) in [4.78, 5) is 14.7. The molecule has 0 spiro atoms. The molecule has 1 amide bonds. The molecule has 1 N–H and O–H groups in total. The highest BCUT2D eigenvalue weighted by molar-refractivity contribution is 5.91. The average Bonchev–Trinajstić information content (AvgIpc) is 3.21. The van der Waals surface area contributed by atoms with Crippen LogP contribution < -0.4 is 5.32 Å². The fraction of sp³-hybridized carbons (Fsp3) is 0.556. The average molecular weight is 330 g/mol. The van der Waals surface area contributed by atoms with E-state index in [0.717, 1.165) is 18.7 Å². The van der Waals surface area contributed by atoms with E-state index in [4.69, 9.17) is 4.42 Å². The molecule has 2 unspecified atom stereocenters. The molecule has 24 heavy (non-hydrogen) atoms. The second-order valence-electron chi connectivity index (χ2n) is 6.86. The summed E-state index contributed by atoms with van der Waals surface area (Å²) in [6.07, 6.45) is 8.24. The van der Waals surface area contributed by atoms with Crippen LogP contribution in [0.25, 0.3) is 0 Å². The fourth-order valence-corrected chi connectivity index (χ4v) is 3.46. The van der Waals surface area contributed by atoms with Crippen LogP contribution in [0.2, 0.25) is 0 Å². The Bertz CT molecular complexity index is 648. The van der Waals surface area contributed by atoms with Crippen molar-refractivity contribution in [3.05, 3.63) is 42.1 Å². The smallest absolute Gasteiger partial charge is 0.287 e. The Morgan fingerprint density at radius 3 is 2.96 bits per heavy atom. The number of carbonyl (C=O) groups is 1. The van der Waals surface area contributed by atoms with Crippen LogP contribution in [0.5, 0.6) is 0 Å². The maximum absolute atomic E-state index is 12.5. The van der Waals surface area contributed by atoms with Crippen molar-refractivity contribution < 1.29 is 9.21 Å². The minimum Gasteiger partial charge on any atom is -0.454 e. The molecule has 2 atom stereocenters. The number of furan rings is 1. The van der Waals surface area contributed by atoms with Gasteiger partial charge in [-0.05, 0) is 51.1 Å².